The molecule has 3 nitrogen and oxygen atoms in total. The minimum absolute atomic E-state index is 0.394. The van der Waals surface area contributed by atoms with Crippen molar-refractivity contribution in [2.45, 2.75) is 57.6 Å². The van der Waals surface area contributed by atoms with Gasteiger partial charge in [0.1, 0.15) is 0 Å². The Morgan fingerprint density at radius 2 is 2.06 bits per heavy atom. The van der Waals surface area contributed by atoms with Crippen LogP contribution >= 0.6 is 0 Å². The fourth-order valence-electron chi connectivity index (χ4n) is 3.50. The molecule has 3 heteroatoms. The predicted octanol–water partition coefficient (Wildman–Crippen LogP) is 2.27. The van der Waals surface area contributed by atoms with E-state index in [9.17, 15) is 0 Å². The lowest BCUT2D eigenvalue weighted by Gasteiger charge is -2.38. The van der Waals surface area contributed by atoms with Crippen LogP contribution < -0.4 is 5.32 Å². The molecule has 2 rings (SSSR count). The van der Waals surface area contributed by atoms with E-state index in [1.165, 1.54) is 38.5 Å². The van der Waals surface area contributed by atoms with Crippen LogP contribution in [-0.2, 0) is 4.74 Å². The first kappa shape index (κ1) is 14.3. The van der Waals surface area contributed by atoms with Gasteiger partial charge in [-0.05, 0) is 25.9 Å². The highest BCUT2D eigenvalue weighted by Crippen LogP contribution is 2.28. The summed E-state index contributed by atoms with van der Waals surface area (Å²) in [7, 11) is 2.10. The number of likely N-dealkylation sites (N-methyl/N-ethyl adjacent to an activating group) is 2. The summed E-state index contributed by atoms with van der Waals surface area (Å²) in [6.45, 7) is 6.51. The zero-order valence-corrected chi connectivity index (χ0v) is 12.2. The Labute approximate surface area is 112 Å². The fourth-order valence-corrected chi connectivity index (χ4v) is 3.50. The molecule has 2 unspecified atom stereocenters. The van der Waals surface area contributed by atoms with E-state index < -0.39 is 0 Å². The quantitative estimate of drug-likeness (QED) is 0.814. The third-order valence-corrected chi connectivity index (χ3v) is 4.76. The van der Waals surface area contributed by atoms with Crippen LogP contribution in [0.4, 0.5) is 0 Å². The highest BCUT2D eigenvalue weighted by atomic mass is 16.5. The zero-order chi connectivity index (χ0) is 12.8. The molecule has 18 heavy (non-hydrogen) atoms. The Morgan fingerprint density at radius 3 is 2.72 bits per heavy atom. The van der Waals surface area contributed by atoms with E-state index in [-0.39, 0.29) is 0 Å². The molecule has 2 atom stereocenters. The van der Waals surface area contributed by atoms with E-state index in [0.717, 1.165) is 32.2 Å². The summed E-state index contributed by atoms with van der Waals surface area (Å²) in [5, 5.41) is 3.51. The van der Waals surface area contributed by atoms with Crippen molar-refractivity contribution in [3.63, 3.8) is 0 Å². The van der Waals surface area contributed by atoms with Crippen molar-refractivity contribution in [1.82, 2.24) is 10.2 Å². The lowest BCUT2D eigenvalue weighted by Crippen LogP contribution is -2.52. The number of rotatable bonds is 5. The Balaban J connectivity index is 1.82. The van der Waals surface area contributed by atoms with Gasteiger partial charge in [-0.15, -0.1) is 0 Å². The molecule has 106 valence electrons. The van der Waals surface area contributed by atoms with Crippen LogP contribution in [-0.4, -0.2) is 50.3 Å². The predicted molar refractivity (Wildman–Crippen MR) is 75.9 cm³/mol. The van der Waals surface area contributed by atoms with Gasteiger partial charge in [-0.1, -0.05) is 39.0 Å². The molecule has 1 saturated heterocycles. The second-order valence-electron chi connectivity index (χ2n) is 5.94. The van der Waals surface area contributed by atoms with Gasteiger partial charge in [-0.3, -0.25) is 4.90 Å². The van der Waals surface area contributed by atoms with Crippen LogP contribution in [0.15, 0.2) is 0 Å². The van der Waals surface area contributed by atoms with Crippen LogP contribution in [0.3, 0.4) is 0 Å². The average Bonchev–Trinajstić information content (AvgIpc) is 2.46. The molecule has 0 spiro atoms. The van der Waals surface area contributed by atoms with Crippen LogP contribution in [0.1, 0.15) is 45.4 Å². The molecule has 0 aromatic heterocycles. The average molecular weight is 254 g/mol. The number of morpholine rings is 1. The molecule has 1 heterocycles. The summed E-state index contributed by atoms with van der Waals surface area (Å²) < 4.78 is 6.00. The Bertz CT molecular complexity index is 229. The SMILES string of the molecule is CCN1CCOC(C(CC2CCCCC2)NC)C1. The van der Waals surface area contributed by atoms with Gasteiger partial charge in [0.25, 0.3) is 0 Å². The molecule has 0 amide bonds. The van der Waals surface area contributed by atoms with Crippen molar-refractivity contribution in [2.24, 2.45) is 5.92 Å². The molecule has 2 fully saturated rings. The van der Waals surface area contributed by atoms with E-state index >= 15 is 0 Å². The van der Waals surface area contributed by atoms with E-state index in [2.05, 4.69) is 24.2 Å². The van der Waals surface area contributed by atoms with Crippen molar-refractivity contribution in [2.75, 3.05) is 33.3 Å². The molecule has 1 aliphatic carbocycles. The molecule has 1 saturated carbocycles. The molecule has 1 N–H and O–H groups in total. The third-order valence-electron chi connectivity index (χ3n) is 4.76. The van der Waals surface area contributed by atoms with Gasteiger partial charge in [-0.2, -0.15) is 0 Å². The summed E-state index contributed by atoms with van der Waals surface area (Å²) in [6.07, 6.45) is 8.89. The number of hydrogen-bond donors (Lipinski definition) is 1. The molecule has 0 aromatic carbocycles. The summed E-state index contributed by atoms with van der Waals surface area (Å²) in [4.78, 5) is 2.51. The minimum Gasteiger partial charge on any atom is -0.374 e. The van der Waals surface area contributed by atoms with Gasteiger partial charge in [0.05, 0.1) is 12.7 Å². The minimum atomic E-state index is 0.394. The molecule has 0 bridgehead atoms. The first-order chi connectivity index (χ1) is 8.83. The van der Waals surface area contributed by atoms with Gasteiger partial charge >= 0.3 is 0 Å². The maximum absolute atomic E-state index is 6.00. The van der Waals surface area contributed by atoms with Crippen LogP contribution in [0, 0.1) is 5.92 Å². The van der Waals surface area contributed by atoms with Gasteiger partial charge in [-0.25, -0.2) is 0 Å². The Morgan fingerprint density at radius 1 is 1.28 bits per heavy atom. The van der Waals surface area contributed by atoms with Crippen LogP contribution in [0.2, 0.25) is 0 Å². The third kappa shape index (κ3) is 3.94. The van der Waals surface area contributed by atoms with E-state index in [4.69, 9.17) is 4.74 Å². The summed E-state index contributed by atoms with van der Waals surface area (Å²) in [5.74, 6) is 0.928. The van der Waals surface area contributed by atoms with Crippen molar-refractivity contribution < 1.29 is 4.74 Å². The number of ether oxygens (including phenoxy) is 1. The topological polar surface area (TPSA) is 24.5 Å². The molecular formula is C15H30N2O. The molecule has 2 aliphatic rings. The second kappa shape index (κ2) is 7.46. The Kier molecular flexibility index (Phi) is 5.93. The number of nitrogens with one attached hydrogen (secondary N) is 1. The highest BCUT2D eigenvalue weighted by molar-refractivity contribution is 4.84. The molecule has 0 radical (unpaired) electrons. The zero-order valence-electron chi connectivity index (χ0n) is 12.2. The van der Waals surface area contributed by atoms with Crippen molar-refractivity contribution in [3.8, 4) is 0 Å². The lowest BCUT2D eigenvalue weighted by atomic mass is 9.83. The fraction of sp³-hybridized carbons (Fsp3) is 1.00. The lowest BCUT2D eigenvalue weighted by molar-refractivity contribution is -0.0480. The molecular weight excluding hydrogens is 224 g/mol. The van der Waals surface area contributed by atoms with E-state index in [1.54, 1.807) is 0 Å². The maximum atomic E-state index is 6.00. The summed E-state index contributed by atoms with van der Waals surface area (Å²) in [5.41, 5.74) is 0. The van der Waals surface area contributed by atoms with Gasteiger partial charge in [0, 0.05) is 19.1 Å². The summed E-state index contributed by atoms with van der Waals surface area (Å²) in [6, 6.07) is 0.544. The normalized spacial score (nSPS) is 29.3. The van der Waals surface area contributed by atoms with Gasteiger partial charge in [0.2, 0.25) is 0 Å². The maximum Gasteiger partial charge on any atom is 0.0855 e. The van der Waals surface area contributed by atoms with Crippen molar-refractivity contribution in [1.29, 1.82) is 0 Å². The highest BCUT2D eigenvalue weighted by Gasteiger charge is 2.29. The second-order valence-corrected chi connectivity index (χ2v) is 5.94. The number of nitrogens with zero attached hydrogens (tertiary/aromatic N) is 1. The molecule has 0 aromatic rings. The summed E-state index contributed by atoms with van der Waals surface area (Å²) >= 11 is 0. The standard InChI is InChI=1S/C15H30N2O/c1-3-17-9-10-18-15(12-17)14(16-2)11-13-7-5-4-6-8-13/h13-16H,3-12H2,1-2H3. The van der Waals surface area contributed by atoms with Gasteiger partial charge < -0.3 is 10.1 Å². The van der Waals surface area contributed by atoms with E-state index in [0.29, 0.717) is 12.1 Å². The molecule has 1 aliphatic heterocycles. The van der Waals surface area contributed by atoms with Crippen LogP contribution in [0.5, 0.6) is 0 Å². The van der Waals surface area contributed by atoms with Gasteiger partial charge in [0.15, 0.2) is 0 Å². The van der Waals surface area contributed by atoms with Crippen molar-refractivity contribution >= 4 is 0 Å². The van der Waals surface area contributed by atoms with Crippen molar-refractivity contribution in [3.05, 3.63) is 0 Å². The smallest absolute Gasteiger partial charge is 0.0855 e. The first-order valence-corrected chi connectivity index (χ1v) is 7.84. The monoisotopic (exact) mass is 254 g/mol. The Hall–Kier alpha value is -0.120. The van der Waals surface area contributed by atoms with E-state index in [1.807, 2.05) is 0 Å². The van der Waals surface area contributed by atoms with Crippen LogP contribution in [0.25, 0.3) is 0 Å². The largest absolute Gasteiger partial charge is 0.374 e. The number of hydrogen-bond acceptors (Lipinski definition) is 3. The first-order valence-electron chi connectivity index (χ1n) is 7.84.